The molecule has 0 aliphatic heterocycles. The number of carbonyl (C=O) groups is 1. The SMILES string of the molecule is CCCC(C)C(=O)NCCC(C)C. The Morgan fingerprint density at radius 1 is 1.23 bits per heavy atom. The van der Waals surface area contributed by atoms with Gasteiger partial charge in [0.15, 0.2) is 0 Å². The van der Waals surface area contributed by atoms with Crippen molar-refractivity contribution in [2.24, 2.45) is 11.8 Å². The Labute approximate surface area is 82.1 Å². The van der Waals surface area contributed by atoms with E-state index < -0.39 is 0 Å². The third kappa shape index (κ3) is 6.62. The molecule has 0 aliphatic rings. The second kappa shape index (κ2) is 6.93. The van der Waals surface area contributed by atoms with E-state index in [1.807, 2.05) is 6.92 Å². The zero-order chi connectivity index (χ0) is 10.3. The van der Waals surface area contributed by atoms with Gasteiger partial charge in [-0.25, -0.2) is 0 Å². The summed E-state index contributed by atoms with van der Waals surface area (Å²) >= 11 is 0. The van der Waals surface area contributed by atoms with Gasteiger partial charge >= 0.3 is 0 Å². The molecule has 0 heterocycles. The Balaban J connectivity index is 3.50. The van der Waals surface area contributed by atoms with Crippen LogP contribution < -0.4 is 5.32 Å². The predicted octanol–water partition coefficient (Wildman–Crippen LogP) is 2.58. The lowest BCUT2D eigenvalue weighted by molar-refractivity contribution is -0.124. The number of amides is 1. The lowest BCUT2D eigenvalue weighted by Gasteiger charge is -2.11. The van der Waals surface area contributed by atoms with Crippen molar-refractivity contribution in [3.63, 3.8) is 0 Å². The van der Waals surface area contributed by atoms with Gasteiger partial charge in [0.1, 0.15) is 0 Å². The third-order valence-corrected chi connectivity index (χ3v) is 2.19. The summed E-state index contributed by atoms with van der Waals surface area (Å²) in [6.07, 6.45) is 3.15. The molecule has 0 saturated heterocycles. The average molecular weight is 185 g/mol. The molecule has 13 heavy (non-hydrogen) atoms. The quantitative estimate of drug-likeness (QED) is 0.677. The zero-order valence-electron chi connectivity index (χ0n) is 9.39. The van der Waals surface area contributed by atoms with Crippen LogP contribution in [0.15, 0.2) is 0 Å². The molecule has 2 nitrogen and oxygen atoms in total. The van der Waals surface area contributed by atoms with Gasteiger partial charge in [-0.2, -0.15) is 0 Å². The Morgan fingerprint density at radius 2 is 1.85 bits per heavy atom. The van der Waals surface area contributed by atoms with Crippen molar-refractivity contribution >= 4 is 5.91 Å². The van der Waals surface area contributed by atoms with E-state index >= 15 is 0 Å². The second-order valence-electron chi connectivity index (χ2n) is 4.16. The molecule has 0 bridgehead atoms. The molecule has 0 spiro atoms. The molecule has 2 heteroatoms. The van der Waals surface area contributed by atoms with Gasteiger partial charge in [-0.3, -0.25) is 4.79 Å². The monoisotopic (exact) mass is 185 g/mol. The van der Waals surface area contributed by atoms with Crippen molar-refractivity contribution in [1.29, 1.82) is 0 Å². The van der Waals surface area contributed by atoms with Crippen molar-refractivity contribution in [2.75, 3.05) is 6.54 Å². The fourth-order valence-electron chi connectivity index (χ4n) is 1.22. The van der Waals surface area contributed by atoms with E-state index in [4.69, 9.17) is 0 Å². The van der Waals surface area contributed by atoms with Crippen LogP contribution in [0.5, 0.6) is 0 Å². The normalized spacial score (nSPS) is 13.0. The summed E-state index contributed by atoms with van der Waals surface area (Å²) in [6.45, 7) is 9.26. The molecule has 0 rings (SSSR count). The van der Waals surface area contributed by atoms with Crippen LogP contribution in [-0.2, 0) is 4.79 Å². The van der Waals surface area contributed by atoms with Crippen molar-refractivity contribution < 1.29 is 4.79 Å². The number of rotatable bonds is 6. The molecule has 0 saturated carbocycles. The molecule has 0 aliphatic carbocycles. The fourth-order valence-corrected chi connectivity index (χ4v) is 1.22. The maximum Gasteiger partial charge on any atom is 0.222 e. The molecule has 1 amide bonds. The van der Waals surface area contributed by atoms with Crippen LogP contribution in [-0.4, -0.2) is 12.5 Å². The topological polar surface area (TPSA) is 29.1 Å². The van der Waals surface area contributed by atoms with Crippen LogP contribution in [0, 0.1) is 11.8 Å². The Morgan fingerprint density at radius 3 is 2.31 bits per heavy atom. The van der Waals surface area contributed by atoms with Crippen LogP contribution in [0.1, 0.15) is 47.0 Å². The summed E-state index contributed by atoms with van der Waals surface area (Å²) in [5.41, 5.74) is 0. The molecule has 0 aromatic carbocycles. The first kappa shape index (κ1) is 12.5. The summed E-state index contributed by atoms with van der Waals surface area (Å²) in [4.78, 5) is 11.4. The number of nitrogens with one attached hydrogen (secondary N) is 1. The van der Waals surface area contributed by atoms with Crippen molar-refractivity contribution in [1.82, 2.24) is 5.32 Å². The number of hydrogen-bond donors (Lipinski definition) is 1. The Hall–Kier alpha value is -0.530. The highest BCUT2D eigenvalue weighted by atomic mass is 16.1. The maximum atomic E-state index is 11.4. The largest absolute Gasteiger partial charge is 0.356 e. The van der Waals surface area contributed by atoms with Crippen molar-refractivity contribution in [3.8, 4) is 0 Å². The number of hydrogen-bond acceptors (Lipinski definition) is 1. The lowest BCUT2D eigenvalue weighted by atomic mass is 10.1. The maximum absolute atomic E-state index is 11.4. The molecule has 1 unspecified atom stereocenters. The van der Waals surface area contributed by atoms with E-state index in [0.29, 0.717) is 5.92 Å². The number of carbonyl (C=O) groups excluding carboxylic acids is 1. The highest BCUT2D eigenvalue weighted by Crippen LogP contribution is 2.04. The van der Waals surface area contributed by atoms with Crippen LogP contribution in [0.3, 0.4) is 0 Å². The van der Waals surface area contributed by atoms with E-state index in [1.54, 1.807) is 0 Å². The van der Waals surface area contributed by atoms with Gasteiger partial charge in [-0.05, 0) is 18.8 Å². The van der Waals surface area contributed by atoms with Crippen molar-refractivity contribution in [3.05, 3.63) is 0 Å². The fraction of sp³-hybridized carbons (Fsp3) is 0.909. The minimum Gasteiger partial charge on any atom is -0.356 e. The van der Waals surface area contributed by atoms with Gasteiger partial charge in [0.05, 0.1) is 0 Å². The summed E-state index contributed by atoms with van der Waals surface area (Å²) in [7, 11) is 0. The van der Waals surface area contributed by atoms with Gasteiger partial charge in [-0.15, -0.1) is 0 Å². The lowest BCUT2D eigenvalue weighted by Crippen LogP contribution is -2.30. The molecular formula is C11H23NO. The first-order valence-electron chi connectivity index (χ1n) is 5.35. The third-order valence-electron chi connectivity index (χ3n) is 2.19. The van der Waals surface area contributed by atoms with Crippen LogP contribution >= 0.6 is 0 Å². The summed E-state index contributed by atoms with van der Waals surface area (Å²) in [5.74, 6) is 1.06. The van der Waals surface area contributed by atoms with Crippen LogP contribution in [0.25, 0.3) is 0 Å². The van der Waals surface area contributed by atoms with Gasteiger partial charge < -0.3 is 5.32 Å². The Bertz CT molecular complexity index is 143. The van der Waals surface area contributed by atoms with Gasteiger partial charge in [0.2, 0.25) is 5.91 Å². The molecule has 1 atom stereocenters. The second-order valence-corrected chi connectivity index (χ2v) is 4.16. The highest BCUT2D eigenvalue weighted by Gasteiger charge is 2.10. The van der Waals surface area contributed by atoms with E-state index in [2.05, 4.69) is 26.1 Å². The zero-order valence-corrected chi connectivity index (χ0v) is 9.39. The van der Waals surface area contributed by atoms with Crippen molar-refractivity contribution in [2.45, 2.75) is 47.0 Å². The summed E-state index contributed by atoms with van der Waals surface area (Å²) < 4.78 is 0. The van der Waals surface area contributed by atoms with Crippen LogP contribution in [0.2, 0.25) is 0 Å². The molecule has 0 radical (unpaired) electrons. The average Bonchev–Trinajstić information content (AvgIpc) is 2.04. The first-order valence-corrected chi connectivity index (χ1v) is 5.35. The standard InChI is InChI=1S/C11H23NO/c1-5-6-10(4)11(13)12-8-7-9(2)3/h9-10H,5-8H2,1-4H3,(H,12,13). The molecule has 0 aromatic heterocycles. The predicted molar refractivity (Wildman–Crippen MR) is 56.5 cm³/mol. The molecular weight excluding hydrogens is 162 g/mol. The molecule has 1 N–H and O–H groups in total. The van der Waals surface area contributed by atoms with E-state index in [-0.39, 0.29) is 11.8 Å². The highest BCUT2D eigenvalue weighted by molar-refractivity contribution is 5.78. The van der Waals surface area contributed by atoms with E-state index in [1.165, 1.54) is 0 Å². The van der Waals surface area contributed by atoms with Gasteiger partial charge in [0.25, 0.3) is 0 Å². The molecule has 78 valence electrons. The summed E-state index contributed by atoms with van der Waals surface area (Å²) in [6, 6.07) is 0. The molecule has 0 aromatic rings. The smallest absolute Gasteiger partial charge is 0.222 e. The summed E-state index contributed by atoms with van der Waals surface area (Å²) in [5, 5.41) is 2.96. The minimum absolute atomic E-state index is 0.178. The van der Waals surface area contributed by atoms with E-state index in [0.717, 1.165) is 25.8 Å². The molecule has 0 fully saturated rings. The first-order chi connectivity index (χ1) is 6.07. The van der Waals surface area contributed by atoms with E-state index in [9.17, 15) is 4.79 Å². The van der Waals surface area contributed by atoms with Gasteiger partial charge in [-0.1, -0.05) is 34.1 Å². The Kier molecular flexibility index (Phi) is 6.65. The minimum atomic E-state index is 0.178. The van der Waals surface area contributed by atoms with Gasteiger partial charge in [0, 0.05) is 12.5 Å². The van der Waals surface area contributed by atoms with Crippen LogP contribution in [0.4, 0.5) is 0 Å².